The molecule has 0 amide bonds. The maximum absolute atomic E-state index is 10.7. The molecule has 0 radical (unpaired) electrons. The SMILES string of the molecule is CC.CC1(C)CC1(C=O)C(=O)Cl.CCCC. The summed E-state index contributed by atoms with van der Waals surface area (Å²) in [6.45, 7) is 12.1. The molecule has 96 valence electrons. The smallest absolute Gasteiger partial charge is 0.235 e. The molecule has 0 saturated heterocycles. The van der Waals surface area contributed by atoms with Crippen LogP contribution in [-0.4, -0.2) is 11.5 Å². The molecule has 3 heteroatoms. The minimum atomic E-state index is -0.867. The van der Waals surface area contributed by atoms with Crippen molar-refractivity contribution in [1.82, 2.24) is 0 Å². The maximum atomic E-state index is 10.7. The van der Waals surface area contributed by atoms with E-state index in [2.05, 4.69) is 13.8 Å². The molecule has 1 rings (SSSR count). The zero-order valence-corrected chi connectivity index (χ0v) is 12.1. The molecule has 1 fully saturated rings. The van der Waals surface area contributed by atoms with Crippen LogP contribution in [0.3, 0.4) is 0 Å². The summed E-state index contributed by atoms with van der Waals surface area (Å²) in [4.78, 5) is 21.1. The van der Waals surface area contributed by atoms with Gasteiger partial charge in [0.15, 0.2) is 0 Å². The molecule has 1 aliphatic rings. The van der Waals surface area contributed by atoms with Gasteiger partial charge >= 0.3 is 0 Å². The predicted molar refractivity (Wildman–Crippen MR) is 69.7 cm³/mol. The standard InChI is InChI=1S/C7H9ClO2.C4H10.C2H6/c1-6(2)3-7(6,4-9)5(8)10;1-3-4-2;1-2/h4H,3H2,1-2H3;3-4H2,1-2H3;1-2H3. The van der Waals surface area contributed by atoms with E-state index in [1.165, 1.54) is 12.8 Å². The Hall–Kier alpha value is -0.370. The van der Waals surface area contributed by atoms with Gasteiger partial charge in [0, 0.05) is 0 Å². The molecule has 0 aromatic carbocycles. The van der Waals surface area contributed by atoms with Crippen molar-refractivity contribution >= 4 is 23.1 Å². The normalized spacial score (nSPS) is 24.2. The first kappa shape index (κ1) is 18.0. The Bertz CT molecular complexity index is 222. The van der Waals surface area contributed by atoms with Crippen LogP contribution in [0.5, 0.6) is 0 Å². The number of hydrogen-bond donors (Lipinski definition) is 0. The second-order valence-electron chi connectivity index (χ2n) is 4.42. The fraction of sp³-hybridized carbons (Fsp3) is 0.846. The van der Waals surface area contributed by atoms with Crippen molar-refractivity contribution in [3.8, 4) is 0 Å². The number of carbonyl (C=O) groups is 2. The van der Waals surface area contributed by atoms with Gasteiger partial charge in [0.25, 0.3) is 0 Å². The summed E-state index contributed by atoms with van der Waals surface area (Å²) in [5.41, 5.74) is -1.08. The summed E-state index contributed by atoms with van der Waals surface area (Å²) in [5, 5.41) is -0.521. The molecule has 0 spiro atoms. The molecule has 2 nitrogen and oxygen atoms in total. The first-order valence-electron chi connectivity index (χ1n) is 6.04. The lowest BCUT2D eigenvalue weighted by atomic mass is 9.99. The second-order valence-corrected chi connectivity index (χ2v) is 4.77. The van der Waals surface area contributed by atoms with Gasteiger partial charge in [0.2, 0.25) is 5.24 Å². The second kappa shape index (κ2) is 7.83. The van der Waals surface area contributed by atoms with E-state index in [9.17, 15) is 9.59 Å². The fourth-order valence-electron chi connectivity index (χ4n) is 1.24. The molecule has 0 aliphatic heterocycles. The Balaban J connectivity index is 0. The van der Waals surface area contributed by atoms with E-state index >= 15 is 0 Å². The summed E-state index contributed by atoms with van der Waals surface area (Å²) in [6.07, 6.45) is 3.90. The van der Waals surface area contributed by atoms with Gasteiger partial charge in [-0.25, -0.2) is 0 Å². The van der Waals surface area contributed by atoms with Crippen molar-refractivity contribution in [3.63, 3.8) is 0 Å². The van der Waals surface area contributed by atoms with Crippen molar-refractivity contribution in [2.45, 2.75) is 60.8 Å². The fourth-order valence-corrected chi connectivity index (χ4v) is 1.60. The van der Waals surface area contributed by atoms with Crippen LogP contribution >= 0.6 is 11.6 Å². The molecule has 1 aliphatic carbocycles. The molecule has 1 unspecified atom stereocenters. The van der Waals surface area contributed by atoms with E-state index in [-0.39, 0.29) is 5.41 Å². The third-order valence-corrected chi connectivity index (χ3v) is 3.19. The van der Waals surface area contributed by atoms with E-state index in [1.807, 2.05) is 27.7 Å². The molecule has 16 heavy (non-hydrogen) atoms. The van der Waals surface area contributed by atoms with E-state index in [0.717, 1.165) is 0 Å². The number of halogens is 1. The van der Waals surface area contributed by atoms with Crippen LogP contribution < -0.4 is 0 Å². The largest absolute Gasteiger partial charge is 0.302 e. The lowest BCUT2D eigenvalue weighted by Gasteiger charge is -2.05. The number of rotatable bonds is 3. The molecule has 1 saturated carbocycles. The average Bonchev–Trinajstić information content (AvgIpc) is 2.86. The number of unbranched alkanes of at least 4 members (excludes halogenated alkanes) is 1. The monoisotopic (exact) mass is 248 g/mol. The van der Waals surface area contributed by atoms with Crippen molar-refractivity contribution in [1.29, 1.82) is 0 Å². The molecule has 0 heterocycles. The van der Waals surface area contributed by atoms with Crippen LogP contribution in [0.2, 0.25) is 0 Å². The third kappa shape index (κ3) is 4.25. The highest BCUT2D eigenvalue weighted by Gasteiger charge is 2.66. The quantitative estimate of drug-likeness (QED) is 0.426. The number of carbonyl (C=O) groups excluding carboxylic acids is 2. The van der Waals surface area contributed by atoms with Crippen molar-refractivity contribution < 1.29 is 9.59 Å². The summed E-state index contributed by atoms with van der Waals surface area (Å²) >= 11 is 5.25. The van der Waals surface area contributed by atoms with Gasteiger partial charge in [0.1, 0.15) is 11.7 Å². The minimum Gasteiger partial charge on any atom is -0.302 e. The van der Waals surface area contributed by atoms with Gasteiger partial charge in [-0.15, -0.1) is 0 Å². The van der Waals surface area contributed by atoms with Crippen LogP contribution in [0.15, 0.2) is 0 Å². The Morgan fingerprint density at radius 2 is 1.56 bits per heavy atom. The Labute approximate surface area is 105 Å². The van der Waals surface area contributed by atoms with Gasteiger partial charge in [-0.3, -0.25) is 4.79 Å². The zero-order valence-electron chi connectivity index (χ0n) is 11.4. The summed E-state index contributed by atoms with van der Waals surface area (Å²) in [5.74, 6) is 0. The van der Waals surface area contributed by atoms with E-state index in [1.54, 1.807) is 0 Å². The van der Waals surface area contributed by atoms with E-state index < -0.39 is 10.7 Å². The number of aldehydes is 1. The van der Waals surface area contributed by atoms with E-state index in [4.69, 9.17) is 11.6 Å². The van der Waals surface area contributed by atoms with Crippen LogP contribution in [0.25, 0.3) is 0 Å². The van der Waals surface area contributed by atoms with Gasteiger partial charge in [-0.2, -0.15) is 0 Å². The van der Waals surface area contributed by atoms with Crippen LogP contribution in [0.1, 0.15) is 60.8 Å². The molecule has 1 atom stereocenters. The van der Waals surface area contributed by atoms with Gasteiger partial charge in [-0.1, -0.05) is 54.4 Å². The highest BCUT2D eigenvalue weighted by atomic mass is 35.5. The lowest BCUT2D eigenvalue weighted by molar-refractivity contribution is -0.124. The highest BCUT2D eigenvalue weighted by Crippen LogP contribution is 2.63. The molecule has 0 N–H and O–H groups in total. The van der Waals surface area contributed by atoms with E-state index in [0.29, 0.717) is 12.7 Å². The predicted octanol–water partition coefficient (Wildman–Crippen LogP) is 4.20. The van der Waals surface area contributed by atoms with Crippen LogP contribution in [0, 0.1) is 10.8 Å². The first-order chi connectivity index (χ1) is 7.38. The summed E-state index contributed by atoms with van der Waals surface area (Å²) in [7, 11) is 0. The molecule has 0 aromatic heterocycles. The molecule has 0 aromatic rings. The van der Waals surface area contributed by atoms with Crippen LogP contribution in [0.4, 0.5) is 0 Å². The first-order valence-corrected chi connectivity index (χ1v) is 6.42. The lowest BCUT2D eigenvalue weighted by Crippen LogP contribution is -2.17. The summed E-state index contributed by atoms with van der Waals surface area (Å²) < 4.78 is 0. The highest BCUT2D eigenvalue weighted by molar-refractivity contribution is 6.66. The molecule has 0 bridgehead atoms. The van der Waals surface area contributed by atoms with Gasteiger partial charge in [-0.05, 0) is 23.4 Å². The Morgan fingerprint density at radius 1 is 1.25 bits per heavy atom. The minimum absolute atomic E-state index is 0.215. The maximum Gasteiger partial charge on any atom is 0.235 e. The Kier molecular flexibility index (Phi) is 8.81. The van der Waals surface area contributed by atoms with Crippen molar-refractivity contribution in [2.75, 3.05) is 0 Å². The van der Waals surface area contributed by atoms with Crippen LogP contribution in [-0.2, 0) is 9.59 Å². The number of hydrogen-bond acceptors (Lipinski definition) is 2. The van der Waals surface area contributed by atoms with Gasteiger partial charge < -0.3 is 4.79 Å². The summed E-state index contributed by atoms with van der Waals surface area (Å²) in [6, 6.07) is 0. The van der Waals surface area contributed by atoms with Crippen molar-refractivity contribution in [2.24, 2.45) is 10.8 Å². The van der Waals surface area contributed by atoms with Gasteiger partial charge in [0.05, 0.1) is 0 Å². The zero-order chi connectivity index (χ0) is 13.4. The Morgan fingerprint density at radius 3 is 1.56 bits per heavy atom. The van der Waals surface area contributed by atoms with Crippen molar-refractivity contribution in [3.05, 3.63) is 0 Å². The topological polar surface area (TPSA) is 34.1 Å². The average molecular weight is 249 g/mol. The molecular formula is C13H25ClO2. The molecular weight excluding hydrogens is 224 g/mol. The third-order valence-electron chi connectivity index (χ3n) is 2.86.